The first kappa shape index (κ1) is 19.4. The SMILES string of the molecule is C1CCCC1.C1CCCC1.[CH3-].[CH3-].[Hf+4]. The molecule has 2 aliphatic carbocycles. The molecule has 0 saturated heterocycles. The van der Waals surface area contributed by atoms with E-state index in [9.17, 15) is 0 Å². The van der Waals surface area contributed by atoms with Crippen molar-refractivity contribution in [3.05, 3.63) is 14.9 Å². The van der Waals surface area contributed by atoms with Crippen LogP contribution in [0.4, 0.5) is 0 Å². The second kappa shape index (κ2) is 15.3. The molecule has 76 valence electrons. The van der Waals surface area contributed by atoms with E-state index in [4.69, 9.17) is 0 Å². The van der Waals surface area contributed by atoms with E-state index in [1.807, 2.05) is 0 Å². The molecule has 2 rings (SSSR count). The average Bonchev–Trinajstić information content (AvgIpc) is 2.67. The molecular weight excluding hydrogens is 323 g/mol. The molecule has 0 N–H and O–H groups in total. The molecule has 0 nitrogen and oxygen atoms in total. The molecule has 0 aromatic rings. The van der Waals surface area contributed by atoms with Gasteiger partial charge in [0.2, 0.25) is 0 Å². The van der Waals surface area contributed by atoms with Crippen molar-refractivity contribution >= 4 is 0 Å². The third-order valence-electron chi connectivity index (χ3n) is 2.50. The van der Waals surface area contributed by atoms with Gasteiger partial charge in [0, 0.05) is 0 Å². The first-order valence-corrected chi connectivity index (χ1v) is 5.00. The molecule has 0 unspecified atom stereocenters. The minimum Gasteiger partial charge on any atom is -0.358 e. The van der Waals surface area contributed by atoms with Crippen molar-refractivity contribution in [1.82, 2.24) is 0 Å². The van der Waals surface area contributed by atoms with Crippen LogP contribution < -0.4 is 0 Å². The molecule has 1 heteroatoms. The van der Waals surface area contributed by atoms with Crippen LogP contribution in [-0.2, 0) is 25.8 Å². The molecule has 0 aromatic heterocycles. The van der Waals surface area contributed by atoms with Gasteiger partial charge in [0.1, 0.15) is 0 Å². The Morgan fingerprint density at radius 2 is 0.385 bits per heavy atom. The molecular formula is C12H26Hf+2. The third-order valence-corrected chi connectivity index (χ3v) is 2.50. The zero-order valence-corrected chi connectivity index (χ0v) is 13.2. The van der Waals surface area contributed by atoms with Crippen molar-refractivity contribution in [1.29, 1.82) is 0 Å². The molecule has 13 heavy (non-hydrogen) atoms. The van der Waals surface area contributed by atoms with E-state index >= 15 is 0 Å². The van der Waals surface area contributed by atoms with Gasteiger partial charge in [-0.05, 0) is 0 Å². The Morgan fingerprint density at radius 3 is 0.462 bits per heavy atom. The van der Waals surface area contributed by atoms with Gasteiger partial charge in [0.15, 0.2) is 0 Å². The van der Waals surface area contributed by atoms with E-state index in [1.54, 1.807) is 0 Å². The van der Waals surface area contributed by atoms with E-state index in [0.717, 1.165) is 0 Å². The van der Waals surface area contributed by atoms with Crippen LogP contribution in [0.2, 0.25) is 0 Å². The largest absolute Gasteiger partial charge is 4.00 e. The summed E-state index contributed by atoms with van der Waals surface area (Å²) in [5.41, 5.74) is 0. The van der Waals surface area contributed by atoms with Gasteiger partial charge in [-0.2, -0.15) is 0 Å². The Hall–Kier alpha value is 0.870. The molecule has 0 aliphatic heterocycles. The van der Waals surface area contributed by atoms with E-state index in [2.05, 4.69) is 0 Å². The van der Waals surface area contributed by atoms with Crippen molar-refractivity contribution in [2.24, 2.45) is 0 Å². The zero-order chi connectivity index (χ0) is 7.07. The van der Waals surface area contributed by atoms with Crippen molar-refractivity contribution in [2.45, 2.75) is 64.2 Å². The fourth-order valence-corrected chi connectivity index (χ4v) is 1.77. The second-order valence-electron chi connectivity index (χ2n) is 3.54. The van der Waals surface area contributed by atoms with Gasteiger partial charge < -0.3 is 14.9 Å². The van der Waals surface area contributed by atoms with Gasteiger partial charge >= 0.3 is 25.8 Å². The van der Waals surface area contributed by atoms with Gasteiger partial charge in [-0.25, -0.2) is 0 Å². The van der Waals surface area contributed by atoms with Crippen LogP contribution in [0, 0.1) is 14.9 Å². The number of rotatable bonds is 0. The first-order valence-electron chi connectivity index (χ1n) is 5.00. The monoisotopic (exact) mass is 350 g/mol. The second-order valence-corrected chi connectivity index (χ2v) is 3.54. The van der Waals surface area contributed by atoms with Crippen LogP contribution in [0.5, 0.6) is 0 Å². The molecule has 0 amide bonds. The molecule has 2 saturated carbocycles. The molecule has 0 spiro atoms. The topological polar surface area (TPSA) is 0 Å². The number of hydrogen-bond acceptors (Lipinski definition) is 0. The van der Waals surface area contributed by atoms with Crippen LogP contribution in [0.1, 0.15) is 64.2 Å². The number of hydrogen-bond donors (Lipinski definition) is 0. The van der Waals surface area contributed by atoms with E-state index in [1.165, 1.54) is 64.2 Å². The molecule has 0 heterocycles. The van der Waals surface area contributed by atoms with Crippen molar-refractivity contribution in [3.63, 3.8) is 0 Å². The predicted molar refractivity (Wildman–Crippen MR) is 59.0 cm³/mol. The predicted octanol–water partition coefficient (Wildman–Crippen LogP) is 4.80. The fraction of sp³-hybridized carbons (Fsp3) is 0.833. The Morgan fingerprint density at radius 1 is 0.308 bits per heavy atom. The molecule has 0 aromatic carbocycles. The van der Waals surface area contributed by atoms with E-state index in [-0.39, 0.29) is 40.7 Å². The molecule has 2 fully saturated rings. The average molecular weight is 349 g/mol. The summed E-state index contributed by atoms with van der Waals surface area (Å²) in [5, 5.41) is 0. The maximum Gasteiger partial charge on any atom is 4.00 e. The van der Waals surface area contributed by atoms with Gasteiger partial charge in [-0.1, -0.05) is 64.2 Å². The van der Waals surface area contributed by atoms with Crippen LogP contribution in [-0.4, -0.2) is 0 Å². The quantitative estimate of drug-likeness (QED) is 0.436. The molecule has 2 aliphatic rings. The van der Waals surface area contributed by atoms with Gasteiger partial charge in [0.25, 0.3) is 0 Å². The van der Waals surface area contributed by atoms with E-state index < -0.39 is 0 Å². The Bertz CT molecular complexity index is 38.3. The van der Waals surface area contributed by atoms with Crippen LogP contribution in [0.25, 0.3) is 0 Å². The summed E-state index contributed by atoms with van der Waals surface area (Å²) >= 11 is 0. The Labute approximate surface area is 105 Å². The normalized spacial score (nSPS) is 18.5. The summed E-state index contributed by atoms with van der Waals surface area (Å²) in [6.07, 6.45) is 15.0. The van der Waals surface area contributed by atoms with Crippen LogP contribution in [0.15, 0.2) is 0 Å². The summed E-state index contributed by atoms with van der Waals surface area (Å²) in [7, 11) is 0. The van der Waals surface area contributed by atoms with Gasteiger partial charge in [0.05, 0.1) is 0 Å². The maximum atomic E-state index is 1.50. The van der Waals surface area contributed by atoms with Crippen molar-refractivity contribution in [2.75, 3.05) is 0 Å². The summed E-state index contributed by atoms with van der Waals surface area (Å²) in [6.45, 7) is 0. The smallest absolute Gasteiger partial charge is 0.358 e. The summed E-state index contributed by atoms with van der Waals surface area (Å²) < 4.78 is 0. The van der Waals surface area contributed by atoms with Gasteiger partial charge in [-0.3, -0.25) is 0 Å². The van der Waals surface area contributed by atoms with Crippen molar-refractivity contribution in [3.8, 4) is 0 Å². The Balaban J connectivity index is -0.000000125. The molecule has 0 radical (unpaired) electrons. The first-order chi connectivity index (χ1) is 5.00. The van der Waals surface area contributed by atoms with Crippen LogP contribution >= 0.6 is 0 Å². The minimum atomic E-state index is 0. The summed E-state index contributed by atoms with van der Waals surface area (Å²) in [4.78, 5) is 0. The summed E-state index contributed by atoms with van der Waals surface area (Å²) in [5.74, 6) is 0. The Kier molecular flexibility index (Phi) is 23.0. The van der Waals surface area contributed by atoms with Crippen molar-refractivity contribution < 1.29 is 25.8 Å². The molecule has 0 bridgehead atoms. The van der Waals surface area contributed by atoms with Gasteiger partial charge in [-0.15, -0.1) is 0 Å². The summed E-state index contributed by atoms with van der Waals surface area (Å²) in [6, 6.07) is 0. The fourth-order valence-electron chi connectivity index (χ4n) is 1.77. The van der Waals surface area contributed by atoms with E-state index in [0.29, 0.717) is 0 Å². The van der Waals surface area contributed by atoms with Crippen LogP contribution in [0.3, 0.4) is 0 Å². The zero-order valence-electron chi connectivity index (χ0n) is 9.57. The molecule has 0 atom stereocenters. The minimum absolute atomic E-state index is 0. The third kappa shape index (κ3) is 12.9. The maximum absolute atomic E-state index is 1.50. The standard InChI is InChI=1S/2C5H10.2CH3.Hf/c2*1-2-4-5-3-1;;;/h2*1-5H2;2*1H3;/q;;2*-1;+4.